The van der Waals surface area contributed by atoms with Crippen molar-refractivity contribution < 1.29 is 26.9 Å². The number of sulfonamides is 1. The molecule has 0 unspecified atom stereocenters. The Hall–Kier alpha value is -4.06. The maximum atomic E-state index is 13.7. The summed E-state index contributed by atoms with van der Waals surface area (Å²) in [5.41, 5.74) is 1.75. The van der Waals surface area contributed by atoms with Gasteiger partial charge >= 0.3 is 0 Å². The van der Waals surface area contributed by atoms with Crippen molar-refractivity contribution in [2.45, 2.75) is 4.90 Å². The van der Waals surface area contributed by atoms with Gasteiger partial charge in [-0.3, -0.25) is 20.3 Å². The van der Waals surface area contributed by atoms with E-state index in [0.29, 0.717) is 6.07 Å². The molecule has 0 fully saturated rings. The molecule has 32 heavy (non-hydrogen) atoms. The van der Waals surface area contributed by atoms with Crippen molar-refractivity contribution >= 4 is 33.3 Å². The molecule has 0 bridgehead atoms. The summed E-state index contributed by atoms with van der Waals surface area (Å²) in [5.74, 6) is -1.36. The van der Waals surface area contributed by atoms with Gasteiger partial charge in [0.25, 0.3) is 15.7 Å². The summed E-state index contributed by atoms with van der Waals surface area (Å²) in [5, 5.41) is 15.2. The largest absolute Gasteiger partial charge is 0.495 e. The molecule has 9 nitrogen and oxygen atoms in total. The zero-order valence-corrected chi connectivity index (χ0v) is 17.3. The van der Waals surface area contributed by atoms with Crippen LogP contribution in [0.25, 0.3) is 0 Å². The van der Waals surface area contributed by atoms with Crippen molar-refractivity contribution in [2.24, 2.45) is 5.10 Å². The lowest BCUT2D eigenvalue weighted by molar-refractivity contribution is -0.384. The first-order valence-electron chi connectivity index (χ1n) is 8.89. The minimum absolute atomic E-state index is 0.0539. The Balaban J connectivity index is 1.87. The first-order chi connectivity index (χ1) is 15.2. The van der Waals surface area contributed by atoms with E-state index in [9.17, 15) is 27.3 Å². The summed E-state index contributed by atoms with van der Waals surface area (Å²) >= 11 is 0. The molecule has 3 aromatic rings. The summed E-state index contributed by atoms with van der Waals surface area (Å²) in [6, 6.07) is 12.3. The van der Waals surface area contributed by atoms with Gasteiger partial charge in [0.15, 0.2) is 0 Å². The van der Waals surface area contributed by atoms with E-state index < -0.39 is 32.3 Å². The first-order valence-corrected chi connectivity index (χ1v) is 10.4. The van der Waals surface area contributed by atoms with Crippen LogP contribution in [0, 0.1) is 21.7 Å². The van der Waals surface area contributed by atoms with Crippen LogP contribution in [0.15, 0.2) is 70.7 Å². The summed E-state index contributed by atoms with van der Waals surface area (Å²) in [4.78, 5) is 10.3. The molecule has 3 aromatic carbocycles. The number of benzene rings is 3. The van der Waals surface area contributed by atoms with Crippen molar-refractivity contribution in [1.82, 2.24) is 0 Å². The Morgan fingerprint density at radius 2 is 1.81 bits per heavy atom. The Morgan fingerprint density at radius 1 is 1.06 bits per heavy atom. The molecular formula is C20H16F2N4O5S. The second-order valence-electron chi connectivity index (χ2n) is 6.28. The molecule has 0 spiro atoms. The number of nitrogens with one attached hydrogen (secondary N) is 2. The third kappa shape index (κ3) is 5.16. The molecule has 12 heteroatoms. The van der Waals surface area contributed by atoms with Crippen molar-refractivity contribution in [3.8, 4) is 5.75 Å². The van der Waals surface area contributed by atoms with E-state index in [4.69, 9.17) is 4.74 Å². The van der Waals surface area contributed by atoms with Crippen molar-refractivity contribution in [3.63, 3.8) is 0 Å². The predicted octanol–water partition coefficient (Wildman–Crippen LogP) is 4.13. The molecule has 0 atom stereocenters. The molecule has 2 N–H and O–H groups in total. The Bertz CT molecular complexity index is 1300. The highest BCUT2D eigenvalue weighted by atomic mass is 32.2. The average molecular weight is 462 g/mol. The van der Waals surface area contributed by atoms with E-state index in [1.165, 1.54) is 13.2 Å². The van der Waals surface area contributed by atoms with Gasteiger partial charge in [0.1, 0.15) is 23.1 Å². The molecule has 0 aliphatic heterocycles. The fraction of sp³-hybridized carbons (Fsp3) is 0.0500. The highest BCUT2D eigenvalue weighted by Crippen LogP contribution is 2.30. The molecule has 0 aromatic heterocycles. The third-order valence-corrected chi connectivity index (χ3v) is 5.54. The Morgan fingerprint density at radius 3 is 2.50 bits per heavy atom. The summed E-state index contributed by atoms with van der Waals surface area (Å²) in [7, 11) is -2.81. The van der Waals surface area contributed by atoms with Crippen LogP contribution in [0.4, 0.5) is 25.8 Å². The fourth-order valence-electron chi connectivity index (χ4n) is 2.63. The Kier molecular flexibility index (Phi) is 6.64. The topological polar surface area (TPSA) is 123 Å². The fourth-order valence-corrected chi connectivity index (χ4v) is 3.72. The van der Waals surface area contributed by atoms with E-state index in [1.54, 1.807) is 18.2 Å². The molecular weight excluding hydrogens is 446 g/mol. The number of nitro groups is 1. The van der Waals surface area contributed by atoms with E-state index >= 15 is 0 Å². The van der Waals surface area contributed by atoms with Gasteiger partial charge in [-0.1, -0.05) is 12.1 Å². The lowest BCUT2D eigenvalue weighted by Crippen LogP contribution is -2.14. The summed E-state index contributed by atoms with van der Waals surface area (Å²) in [6.45, 7) is 0. The van der Waals surface area contributed by atoms with Crippen LogP contribution in [-0.2, 0) is 10.0 Å². The third-order valence-electron chi connectivity index (χ3n) is 4.18. The van der Waals surface area contributed by atoms with Gasteiger partial charge in [0.2, 0.25) is 0 Å². The number of halogens is 2. The van der Waals surface area contributed by atoms with E-state index in [0.717, 1.165) is 36.5 Å². The van der Waals surface area contributed by atoms with E-state index in [-0.39, 0.29) is 27.6 Å². The predicted molar refractivity (Wildman–Crippen MR) is 114 cm³/mol. The van der Waals surface area contributed by atoms with Gasteiger partial charge in [-0.25, -0.2) is 17.2 Å². The molecule has 0 saturated heterocycles. The van der Waals surface area contributed by atoms with Gasteiger partial charge in [-0.05, 0) is 36.4 Å². The number of hydrogen-bond acceptors (Lipinski definition) is 7. The zero-order valence-electron chi connectivity index (χ0n) is 16.5. The molecule has 0 aliphatic carbocycles. The first kappa shape index (κ1) is 22.6. The smallest absolute Gasteiger partial charge is 0.295 e. The highest BCUT2D eigenvalue weighted by molar-refractivity contribution is 7.92. The van der Waals surface area contributed by atoms with Crippen LogP contribution in [0.2, 0.25) is 0 Å². The van der Waals surface area contributed by atoms with Crippen LogP contribution in [-0.4, -0.2) is 26.7 Å². The molecule has 0 aliphatic rings. The van der Waals surface area contributed by atoms with Crippen molar-refractivity contribution in [1.29, 1.82) is 0 Å². The highest BCUT2D eigenvalue weighted by Gasteiger charge is 2.22. The number of nitrogens with zero attached hydrogens (tertiary/aromatic N) is 2. The summed E-state index contributed by atoms with van der Waals surface area (Å²) < 4.78 is 59.4. The quantitative estimate of drug-likeness (QED) is 0.295. The number of rotatable bonds is 8. The van der Waals surface area contributed by atoms with E-state index in [1.807, 2.05) is 0 Å². The zero-order chi connectivity index (χ0) is 23.3. The number of hydrogen-bond donors (Lipinski definition) is 2. The second kappa shape index (κ2) is 9.39. The average Bonchev–Trinajstić information content (AvgIpc) is 2.75. The van der Waals surface area contributed by atoms with Gasteiger partial charge in [-0.15, -0.1) is 0 Å². The number of hydrazone groups is 1. The minimum atomic E-state index is -4.18. The normalized spacial score (nSPS) is 11.3. The molecule has 0 heterocycles. The summed E-state index contributed by atoms with van der Waals surface area (Å²) in [6.07, 6.45) is 1.01. The number of anilines is 2. The lowest BCUT2D eigenvalue weighted by Gasteiger charge is -2.12. The van der Waals surface area contributed by atoms with Crippen LogP contribution in [0.1, 0.15) is 5.56 Å². The van der Waals surface area contributed by atoms with E-state index in [2.05, 4.69) is 15.2 Å². The number of nitro benzene ring substituents is 1. The molecule has 166 valence electrons. The number of ether oxygens (including phenoxy) is 1. The van der Waals surface area contributed by atoms with Gasteiger partial charge in [0, 0.05) is 17.7 Å². The SMILES string of the molecule is COc1ccccc1NS(=O)(=O)c1ccc(N/N=C\c2ccc(F)cc2F)c([N+](=O)[O-])c1. The second-order valence-corrected chi connectivity index (χ2v) is 7.96. The lowest BCUT2D eigenvalue weighted by atomic mass is 10.2. The van der Waals surface area contributed by atoms with Crippen LogP contribution < -0.4 is 14.9 Å². The van der Waals surface area contributed by atoms with Gasteiger partial charge < -0.3 is 4.74 Å². The van der Waals surface area contributed by atoms with Crippen LogP contribution in [0.3, 0.4) is 0 Å². The maximum absolute atomic E-state index is 13.7. The standard InChI is InChI=1S/C20H16F2N4O5S/c1-31-20-5-3-2-4-18(20)25-32(29,30)15-8-9-17(19(11-15)26(27)28)24-23-12-13-6-7-14(21)10-16(13)22/h2-12,24-25H,1H3/b23-12-. The van der Waals surface area contributed by atoms with Crippen molar-refractivity contribution in [2.75, 3.05) is 17.3 Å². The molecule has 0 saturated carbocycles. The molecule has 0 radical (unpaired) electrons. The Labute approximate surface area is 181 Å². The monoisotopic (exact) mass is 462 g/mol. The minimum Gasteiger partial charge on any atom is -0.495 e. The molecule has 0 amide bonds. The number of para-hydroxylation sites is 2. The van der Waals surface area contributed by atoms with Gasteiger partial charge in [-0.2, -0.15) is 5.10 Å². The maximum Gasteiger partial charge on any atom is 0.295 e. The van der Waals surface area contributed by atoms with Crippen molar-refractivity contribution in [3.05, 3.63) is 88.0 Å². The van der Waals surface area contributed by atoms with Crippen LogP contribution >= 0.6 is 0 Å². The van der Waals surface area contributed by atoms with Gasteiger partial charge in [0.05, 0.1) is 28.8 Å². The van der Waals surface area contributed by atoms with Crippen LogP contribution in [0.5, 0.6) is 5.75 Å². The number of methoxy groups -OCH3 is 1. The molecule has 3 rings (SSSR count).